The van der Waals surface area contributed by atoms with Gasteiger partial charge in [0.1, 0.15) is 28.8 Å². The number of carbonyl (C=O) groups is 4. The summed E-state index contributed by atoms with van der Waals surface area (Å²) in [5, 5.41) is 17.9. The molecule has 3 rings (SSSR count). The second kappa shape index (κ2) is 15.4. The first-order valence-corrected chi connectivity index (χ1v) is 14.6. The molecular formula is C33H41FN4O7. The van der Waals surface area contributed by atoms with Gasteiger partial charge in [-0.1, -0.05) is 42.5 Å². The number of carboxylic acid groups (broad SMARTS) is 1. The fraction of sp³-hybridized carbons (Fsp3) is 0.424. The zero-order valence-electron chi connectivity index (χ0n) is 26.1. The van der Waals surface area contributed by atoms with Crippen LogP contribution in [-0.2, 0) is 30.5 Å². The Morgan fingerprint density at radius 3 is 2.40 bits per heavy atom. The Morgan fingerprint density at radius 1 is 1.04 bits per heavy atom. The third kappa shape index (κ3) is 11.1. The van der Waals surface area contributed by atoms with E-state index in [-0.39, 0.29) is 24.6 Å². The SMILES string of the molecule is CC(C)(C)OC(=O)NC(C)(C)C(=O)NC(COCc1ccccc1)C(=O)NC1=CC(C(C(=O)O)c2cccc(F)c2)CCC=N1. The lowest BCUT2D eigenvalue weighted by molar-refractivity contribution is -0.139. The quantitative estimate of drug-likeness (QED) is 0.272. The molecule has 2 aromatic carbocycles. The number of alkyl carbamates (subject to hydrolysis) is 1. The van der Waals surface area contributed by atoms with Crippen molar-refractivity contribution in [2.24, 2.45) is 10.9 Å². The molecule has 3 amide bonds. The van der Waals surface area contributed by atoms with E-state index in [2.05, 4.69) is 20.9 Å². The van der Waals surface area contributed by atoms with Crippen LogP contribution in [0.2, 0.25) is 0 Å². The van der Waals surface area contributed by atoms with Crippen LogP contribution < -0.4 is 16.0 Å². The van der Waals surface area contributed by atoms with Crippen molar-refractivity contribution in [1.29, 1.82) is 0 Å². The Morgan fingerprint density at radius 2 is 1.76 bits per heavy atom. The minimum atomic E-state index is -1.47. The smallest absolute Gasteiger partial charge is 0.408 e. The molecule has 3 unspecified atom stereocenters. The van der Waals surface area contributed by atoms with Gasteiger partial charge in [-0.3, -0.25) is 14.4 Å². The average molecular weight is 625 g/mol. The van der Waals surface area contributed by atoms with Crippen LogP contribution in [0.5, 0.6) is 0 Å². The van der Waals surface area contributed by atoms with E-state index in [9.17, 15) is 28.7 Å². The number of amides is 3. The number of hydrogen-bond donors (Lipinski definition) is 4. The number of carboxylic acids is 1. The minimum Gasteiger partial charge on any atom is -0.481 e. The summed E-state index contributed by atoms with van der Waals surface area (Å²) < 4.78 is 25.0. The number of nitrogens with one attached hydrogen (secondary N) is 3. The number of carbonyl (C=O) groups excluding carboxylic acids is 3. The third-order valence-electron chi connectivity index (χ3n) is 6.78. The van der Waals surface area contributed by atoms with Crippen LogP contribution in [-0.4, -0.2) is 59.0 Å². The molecule has 12 heteroatoms. The van der Waals surface area contributed by atoms with Gasteiger partial charge < -0.3 is 30.5 Å². The molecule has 11 nitrogen and oxygen atoms in total. The van der Waals surface area contributed by atoms with Crippen LogP contribution in [0.4, 0.5) is 9.18 Å². The minimum absolute atomic E-state index is 0.0820. The van der Waals surface area contributed by atoms with Gasteiger partial charge in [0, 0.05) is 6.21 Å². The van der Waals surface area contributed by atoms with E-state index < -0.39 is 58.7 Å². The van der Waals surface area contributed by atoms with E-state index in [0.717, 1.165) is 5.56 Å². The molecule has 0 spiro atoms. The number of ether oxygens (including phenoxy) is 2. The van der Waals surface area contributed by atoms with E-state index in [1.807, 2.05) is 30.3 Å². The Balaban J connectivity index is 1.81. The van der Waals surface area contributed by atoms with Crippen molar-refractivity contribution >= 4 is 30.1 Å². The largest absolute Gasteiger partial charge is 0.481 e. The van der Waals surface area contributed by atoms with Crippen LogP contribution >= 0.6 is 0 Å². The van der Waals surface area contributed by atoms with Crippen LogP contribution in [0.3, 0.4) is 0 Å². The molecular weight excluding hydrogens is 583 g/mol. The van der Waals surface area contributed by atoms with E-state index in [1.165, 1.54) is 38.1 Å². The van der Waals surface area contributed by atoms with Crippen LogP contribution in [0, 0.1) is 11.7 Å². The Kier molecular flexibility index (Phi) is 12.0. The van der Waals surface area contributed by atoms with Gasteiger partial charge in [-0.05, 0) is 82.7 Å². The lowest BCUT2D eigenvalue weighted by Gasteiger charge is -2.29. The van der Waals surface area contributed by atoms with Gasteiger partial charge in [0.15, 0.2) is 0 Å². The van der Waals surface area contributed by atoms with Crippen molar-refractivity contribution in [1.82, 2.24) is 16.0 Å². The summed E-state index contributed by atoms with van der Waals surface area (Å²) >= 11 is 0. The first-order chi connectivity index (χ1) is 21.1. The second-order valence-corrected chi connectivity index (χ2v) is 12.2. The molecule has 0 radical (unpaired) electrons. The van der Waals surface area contributed by atoms with Crippen molar-refractivity contribution in [3.8, 4) is 0 Å². The maximum absolute atomic E-state index is 13.9. The predicted octanol–water partition coefficient (Wildman–Crippen LogP) is 4.44. The number of allylic oxidation sites excluding steroid dienone is 1. The summed E-state index contributed by atoms with van der Waals surface area (Å²) in [4.78, 5) is 55.8. The van der Waals surface area contributed by atoms with Gasteiger partial charge in [-0.15, -0.1) is 0 Å². The third-order valence-corrected chi connectivity index (χ3v) is 6.78. The molecule has 0 aromatic heterocycles. The fourth-order valence-corrected chi connectivity index (χ4v) is 4.59. The highest BCUT2D eigenvalue weighted by Gasteiger charge is 2.35. The molecule has 1 aliphatic heterocycles. The van der Waals surface area contributed by atoms with Crippen LogP contribution in [0.15, 0.2) is 71.5 Å². The summed E-state index contributed by atoms with van der Waals surface area (Å²) in [6.07, 6.45) is 3.10. The van der Waals surface area contributed by atoms with E-state index in [0.29, 0.717) is 12.8 Å². The van der Waals surface area contributed by atoms with E-state index >= 15 is 0 Å². The Hall–Kier alpha value is -4.58. The van der Waals surface area contributed by atoms with Crippen molar-refractivity contribution in [3.63, 3.8) is 0 Å². The normalized spacial score (nSPS) is 16.4. The molecule has 0 bridgehead atoms. The predicted molar refractivity (Wildman–Crippen MR) is 166 cm³/mol. The highest BCUT2D eigenvalue weighted by Crippen LogP contribution is 2.32. The first kappa shape index (κ1) is 34.9. The van der Waals surface area contributed by atoms with E-state index in [1.54, 1.807) is 33.1 Å². The van der Waals surface area contributed by atoms with E-state index in [4.69, 9.17) is 9.47 Å². The molecule has 0 saturated carbocycles. The molecule has 0 aliphatic carbocycles. The summed E-state index contributed by atoms with van der Waals surface area (Å²) in [6, 6.07) is 13.4. The summed E-state index contributed by atoms with van der Waals surface area (Å²) in [5.74, 6) is -4.68. The molecule has 3 atom stereocenters. The molecule has 0 saturated heterocycles. The second-order valence-electron chi connectivity index (χ2n) is 12.2. The number of aliphatic carboxylic acids is 1. The van der Waals surface area contributed by atoms with Gasteiger partial charge >= 0.3 is 12.1 Å². The van der Waals surface area contributed by atoms with Crippen molar-refractivity contribution in [2.45, 2.75) is 77.2 Å². The number of hydrogen-bond acceptors (Lipinski definition) is 7. The number of rotatable bonds is 12. The Labute approximate surface area is 262 Å². The maximum Gasteiger partial charge on any atom is 0.408 e. The lowest BCUT2D eigenvalue weighted by Crippen LogP contribution is -2.60. The molecule has 4 N–H and O–H groups in total. The van der Waals surface area contributed by atoms with Crippen molar-refractivity contribution in [3.05, 3.63) is 83.4 Å². The average Bonchev–Trinajstić information content (AvgIpc) is 3.16. The number of halogens is 1. The first-order valence-electron chi connectivity index (χ1n) is 14.6. The molecule has 242 valence electrons. The molecule has 1 heterocycles. The standard InChI is InChI=1S/C33H41FN4O7/c1-32(2,3)45-31(43)38-33(4,5)30(42)36-25(20-44-19-21-11-7-6-8-12-21)28(39)37-26-18-23(14-10-16-35-26)27(29(40)41)22-13-9-15-24(34)17-22/h6-9,11-13,15-18,23,25,27H,10,14,19-20H2,1-5H3,(H,36,42)(H,37,39)(H,38,43)(H,40,41). The van der Waals surface area contributed by atoms with Gasteiger partial charge in [0.2, 0.25) is 5.91 Å². The zero-order valence-corrected chi connectivity index (χ0v) is 26.1. The van der Waals surface area contributed by atoms with Crippen molar-refractivity contribution in [2.75, 3.05) is 6.61 Å². The monoisotopic (exact) mass is 624 g/mol. The highest BCUT2D eigenvalue weighted by atomic mass is 19.1. The molecule has 2 aromatic rings. The Bertz CT molecular complexity index is 1420. The van der Waals surface area contributed by atoms with Gasteiger partial charge in [-0.25, -0.2) is 14.2 Å². The summed E-state index contributed by atoms with van der Waals surface area (Å²) in [7, 11) is 0. The molecule has 0 fully saturated rings. The van der Waals surface area contributed by atoms with Gasteiger partial charge in [-0.2, -0.15) is 0 Å². The number of aliphatic imine (C=N–C) groups is 1. The zero-order chi connectivity index (χ0) is 33.2. The fourth-order valence-electron chi connectivity index (χ4n) is 4.59. The van der Waals surface area contributed by atoms with Crippen LogP contribution in [0.25, 0.3) is 0 Å². The molecule has 45 heavy (non-hydrogen) atoms. The number of nitrogens with zero attached hydrogens (tertiary/aromatic N) is 1. The maximum atomic E-state index is 13.9. The highest BCUT2D eigenvalue weighted by molar-refractivity contribution is 5.94. The van der Waals surface area contributed by atoms with Gasteiger partial charge in [0.25, 0.3) is 5.91 Å². The molecule has 1 aliphatic rings. The number of benzene rings is 2. The topological polar surface area (TPSA) is 155 Å². The van der Waals surface area contributed by atoms with Gasteiger partial charge in [0.05, 0.1) is 19.1 Å². The van der Waals surface area contributed by atoms with Crippen LogP contribution in [0.1, 0.15) is 64.5 Å². The lowest BCUT2D eigenvalue weighted by atomic mass is 9.83. The summed E-state index contributed by atoms with van der Waals surface area (Å²) in [5.41, 5.74) is -1.12. The van der Waals surface area contributed by atoms with Crippen molar-refractivity contribution < 1.29 is 38.1 Å². The summed E-state index contributed by atoms with van der Waals surface area (Å²) in [6.45, 7) is 7.94.